The molecule has 0 saturated carbocycles. The van der Waals surface area contributed by atoms with E-state index < -0.39 is 5.97 Å². The van der Waals surface area contributed by atoms with Crippen LogP contribution in [0, 0.1) is 0 Å². The van der Waals surface area contributed by atoms with Crippen molar-refractivity contribution in [2.24, 2.45) is 0 Å². The Balaban J connectivity index is 1.68. The Bertz CT molecular complexity index is 1250. The highest BCUT2D eigenvalue weighted by molar-refractivity contribution is 9.10. The minimum Gasteiger partial charge on any atom is -0.463 e. The third-order valence-corrected chi connectivity index (χ3v) is 5.06. The molecule has 4 nitrogen and oxygen atoms in total. The Hall–Kier alpha value is -2.89. The van der Waals surface area contributed by atoms with E-state index in [9.17, 15) is 9.59 Å². The van der Waals surface area contributed by atoms with E-state index in [0.29, 0.717) is 21.6 Å². The van der Waals surface area contributed by atoms with Crippen LogP contribution in [0.3, 0.4) is 0 Å². The van der Waals surface area contributed by atoms with Crippen molar-refractivity contribution in [2.45, 2.75) is 0 Å². The third-order valence-electron chi connectivity index (χ3n) is 4.21. The number of halogens is 2. The lowest BCUT2D eigenvalue weighted by molar-refractivity contribution is 0.0735. The monoisotopic (exact) mass is 454 g/mol. The van der Waals surface area contributed by atoms with Crippen LogP contribution in [0.2, 0.25) is 5.02 Å². The molecule has 1 heterocycles. The number of fused-ring (bicyclic) bond motifs is 1. The zero-order valence-electron chi connectivity index (χ0n) is 14.3. The van der Waals surface area contributed by atoms with Crippen molar-refractivity contribution in [3.8, 4) is 16.9 Å². The molecule has 0 unspecified atom stereocenters. The first kappa shape index (κ1) is 18.5. The molecule has 138 valence electrons. The molecule has 4 aromatic rings. The topological polar surface area (TPSA) is 56.5 Å². The van der Waals surface area contributed by atoms with E-state index in [-0.39, 0.29) is 16.7 Å². The smallest absolute Gasteiger partial charge is 0.345 e. The summed E-state index contributed by atoms with van der Waals surface area (Å²) in [4.78, 5) is 25.1. The van der Waals surface area contributed by atoms with Crippen molar-refractivity contribution in [2.75, 3.05) is 0 Å². The highest BCUT2D eigenvalue weighted by Crippen LogP contribution is 2.25. The second kappa shape index (κ2) is 7.62. The van der Waals surface area contributed by atoms with Crippen molar-refractivity contribution in [3.63, 3.8) is 0 Å². The third kappa shape index (κ3) is 3.59. The second-order valence-corrected chi connectivity index (χ2v) is 7.34. The highest BCUT2D eigenvalue weighted by atomic mass is 79.9. The lowest BCUT2D eigenvalue weighted by Gasteiger charge is -2.07. The minimum atomic E-state index is -0.584. The van der Waals surface area contributed by atoms with Gasteiger partial charge in [0.1, 0.15) is 17.6 Å². The van der Waals surface area contributed by atoms with Crippen LogP contribution in [0.15, 0.2) is 86.7 Å². The van der Waals surface area contributed by atoms with Gasteiger partial charge in [0.2, 0.25) is 0 Å². The number of rotatable bonds is 3. The van der Waals surface area contributed by atoms with Gasteiger partial charge in [-0.1, -0.05) is 51.8 Å². The number of benzene rings is 3. The molecule has 4 rings (SSSR count). The molecule has 0 N–H and O–H groups in total. The van der Waals surface area contributed by atoms with Gasteiger partial charge in [-0.15, -0.1) is 0 Å². The lowest BCUT2D eigenvalue weighted by atomic mass is 10.1. The van der Waals surface area contributed by atoms with Crippen LogP contribution >= 0.6 is 27.5 Å². The first-order valence-electron chi connectivity index (χ1n) is 8.31. The molecule has 6 heteroatoms. The number of hydrogen-bond donors (Lipinski definition) is 0. The molecule has 0 spiro atoms. The number of carbonyl (C=O) groups is 1. The molecule has 28 heavy (non-hydrogen) atoms. The average Bonchev–Trinajstić information content (AvgIpc) is 2.69. The summed E-state index contributed by atoms with van der Waals surface area (Å²) in [5.74, 6) is -0.323. The summed E-state index contributed by atoms with van der Waals surface area (Å²) in [7, 11) is 0. The number of hydrogen-bond acceptors (Lipinski definition) is 4. The fourth-order valence-electron chi connectivity index (χ4n) is 2.79. The molecule has 0 atom stereocenters. The van der Waals surface area contributed by atoms with Crippen molar-refractivity contribution in [1.82, 2.24) is 0 Å². The molecule has 0 aliphatic rings. The fraction of sp³-hybridized carbons (Fsp3) is 0. The maximum Gasteiger partial charge on any atom is 0.345 e. The summed E-state index contributed by atoms with van der Waals surface area (Å²) in [6, 6.07) is 18.7. The van der Waals surface area contributed by atoms with Crippen molar-refractivity contribution < 1.29 is 13.9 Å². The molecule has 0 fully saturated rings. The second-order valence-electron chi connectivity index (χ2n) is 6.01. The summed E-state index contributed by atoms with van der Waals surface area (Å²) in [5, 5.41) is 0.705. The van der Waals surface area contributed by atoms with Gasteiger partial charge in [-0.2, -0.15) is 0 Å². The summed E-state index contributed by atoms with van der Waals surface area (Å²) >= 11 is 9.40. The van der Waals surface area contributed by atoms with Gasteiger partial charge >= 0.3 is 5.97 Å². The Morgan fingerprint density at radius 1 is 1.00 bits per heavy atom. The van der Waals surface area contributed by atoms with Crippen LogP contribution in [0.1, 0.15) is 10.4 Å². The molecular formula is C22H12BrClO4. The fourth-order valence-corrected chi connectivity index (χ4v) is 3.27. The zero-order valence-corrected chi connectivity index (χ0v) is 16.7. The van der Waals surface area contributed by atoms with Gasteiger partial charge in [0.15, 0.2) is 5.43 Å². The van der Waals surface area contributed by atoms with E-state index in [4.69, 9.17) is 20.8 Å². The van der Waals surface area contributed by atoms with Crippen LogP contribution in [0.5, 0.6) is 5.75 Å². The SMILES string of the molecule is O=C(Oc1ccc2c(=O)c(-c3ccc(Br)cc3)coc2c1)c1ccccc1Cl. The van der Waals surface area contributed by atoms with Crippen LogP contribution in [0.4, 0.5) is 0 Å². The average molecular weight is 456 g/mol. The summed E-state index contributed by atoms with van der Waals surface area (Å²) in [5.41, 5.74) is 1.65. The number of ether oxygens (including phenoxy) is 1. The molecule has 0 amide bonds. The molecule has 3 aromatic carbocycles. The van der Waals surface area contributed by atoms with Gasteiger partial charge in [-0.05, 0) is 42.0 Å². The van der Waals surface area contributed by atoms with E-state index in [2.05, 4.69) is 15.9 Å². The van der Waals surface area contributed by atoms with E-state index >= 15 is 0 Å². The number of carbonyl (C=O) groups excluding carboxylic acids is 1. The maximum absolute atomic E-state index is 12.8. The van der Waals surface area contributed by atoms with E-state index in [1.54, 1.807) is 36.4 Å². The minimum absolute atomic E-state index is 0.160. The van der Waals surface area contributed by atoms with Gasteiger partial charge in [0.25, 0.3) is 0 Å². The Morgan fingerprint density at radius 3 is 2.50 bits per heavy atom. The Kier molecular flexibility index (Phi) is 5.03. The quantitative estimate of drug-likeness (QED) is 0.277. The summed E-state index contributed by atoms with van der Waals surface area (Å²) < 4.78 is 11.9. The summed E-state index contributed by atoms with van der Waals surface area (Å²) in [6.45, 7) is 0. The van der Waals surface area contributed by atoms with Crippen LogP contribution in [-0.2, 0) is 0 Å². The van der Waals surface area contributed by atoms with Gasteiger partial charge in [-0.3, -0.25) is 4.79 Å². The largest absolute Gasteiger partial charge is 0.463 e. The molecule has 0 radical (unpaired) electrons. The number of esters is 1. The first-order chi connectivity index (χ1) is 13.5. The maximum atomic E-state index is 12.8. The molecule has 0 aliphatic carbocycles. The first-order valence-corrected chi connectivity index (χ1v) is 9.48. The zero-order chi connectivity index (χ0) is 19.7. The normalized spacial score (nSPS) is 10.8. The van der Waals surface area contributed by atoms with E-state index in [1.807, 2.05) is 24.3 Å². The lowest BCUT2D eigenvalue weighted by Crippen LogP contribution is -2.09. The van der Waals surface area contributed by atoms with Crippen LogP contribution < -0.4 is 10.2 Å². The predicted molar refractivity (Wildman–Crippen MR) is 112 cm³/mol. The summed E-state index contributed by atoms with van der Waals surface area (Å²) in [6.07, 6.45) is 1.41. The molecule has 0 bridgehead atoms. The molecule has 1 aromatic heterocycles. The molecule has 0 aliphatic heterocycles. The van der Waals surface area contributed by atoms with Crippen LogP contribution in [-0.4, -0.2) is 5.97 Å². The van der Waals surface area contributed by atoms with Gasteiger partial charge in [-0.25, -0.2) is 4.79 Å². The van der Waals surface area contributed by atoms with Crippen molar-refractivity contribution >= 4 is 44.5 Å². The Labute approximate surface area is 173 Å². The van der Waals surface area contributed by atoms with Crippen molar-refractivity contribution in [1.29, 1.82) is 0 Å². The standard InChI is InChI=1S/C22H12BrClO4/c23-14-7-5-13(6-8-14)18-12-27-20-11-15(9-10-17(20)21(18)25)28-22(26)16-3-1-2-4-19(16)24/h1-12H. The van der Waals surface area contributed by atoms with Gasteiger partial charge < -0.3 is 9.15 Å². The Morgan fingerprint density at radius 2 is 1.75 bits per heavy atom. The van der Waals surface area contributed by atoms with Crippen LogP contribution in [0.25, 0.3) is 22.1 Å². The van der Waals surface area contributed by atoms with Gasteiger partial charge in [0.05, 0.1) is 21.5 Å². The molecule has 0 saturated heterocycles. The predicted octanol–water partition coefficient (Wildman–Crippen LogP) is 6.10. The van der Waals surface area contributed by atoms with E-state index in [1.165, 1.54) is 12.3 Å². The molecular weight excluding hydrogens is 444 g/mol. The van der Waals surface area contributed by atoms with Crippen molar-refractivity contribution in [3.05, 3.63) is 98.3 Å². The highest BCUT2D eigenvalue weighted by Gasteiger charge is 2.14. The van der Waals surface area contributed by atoms with Gasteiger partial charge in [0, 0.05) is 10.5 Å². The van der Waals surface area contributed by atoms with E-state index in [0.717, 1.165) is 10.0 Å².